The van der Waals surface area contributed by atoms with Crippen molar-refractivity contribution in [2.75, 3.05) is 9.80 Å². The molecule has 0 fully saturated rings. The van der Waals surface area contributed by atoms with E-state index in [2.05, 4.69) is 230 Å². The van der Waals surface area contributed by atoms with Gasteiger partial charge in [0.2, 0.25) is 0 Å². The van der Waals surface area contributed by atoms with E-state index in [9.17, 15) is 0 Å². The molecule has 0 N–H and O–H groups in total. The molecule has 0 bridgehead atoms. The Morgan fingerprint density at radius 2 is 0.569 bits per heavy atom. The molecule has 8 aromatic rings. The molecule has 3 nitrogen and oxygen atoms in total. The Morgan fingerprint density at radius 3 is 0.914 bits per heavy atom. The van der Waals surface area contributed by atoms with Crippen LogP contribution >= 0.6 is 0 Å². The van der Waals surface area contributed by atoms with Gasteiger partial charge in [0.15, 0.2) is 19.6 Å². The van der Waals surface area contributed by atoms with Crippen LogP contribution in [0.25, 0.3) is 0 Å². The van der Waals surface area contributed by atoms with Crippen LogP contribution in [0.2, 0.25) is 26.2 Å². The highest BCUT2D eigenvalue weighted by Gasteiger charge is 2.51. The summed E-state index contributed by atoms with van der Waals surface area (Å²) in [4.78, 5) is 5.01. The van der Waals surface area contributed by atoms with Crippen LogP contribution in [-0.2, 0) is 0 Å². The summed E-state index contributed by atoms with van der Waals surface area (Å²) in [6, 6.07) is 72.7. The van der Waals surface area contributed by atoms with Gasteiger partial charge in [-0.15, -0.1) is 0 Å². The predicted octanol–water partition coefficient (Wildman–Crippen LogP) is 8.38. The molecular formula is C52H44N2OSi3. The number of benzene rings is 8. The number of nitrogens with zero attached hydrogens (tertiary/aromatic N) is 2. The lowest BCUT2D eigenvalue weighted by Gasteiger charge is -2.45. The van der Waals surface area contributed by atoms with Gasteiger partial charge in [-0.1, -0.05) is 184 Å². The summed E-state index contributed by atoms with van der Waals surface area (Å²) in [5.74, 6) is 1.86. The van der Waals surface area contributed by atoms with Gasteiger partial charge in [-0.3, -0.25) is 0 Å². The Balaban J connectivity index is 1.26. The Kier molecular flexibility index (Phi) is 7.79. The van der Waals surface area contributed by atoms with E-state index >= 15 is 0 Å². The van der Waals surface area contributed by atoms with E-state index < -0.39 is 24.2 Å². The molecular weight excluding hydrogens is 753 g/mol. The van der Waals surface area contributed by atoms with Crippen molar-refractivity contribution in [2.45, 2.75) is 26.2 Å². The maximum absolute atomic E-state index is 7.78. The molecule has 0 radical (unpaired) electrons. The van der Waals surface area contributed by atoms with E-state index in [1.165, 1.54) is 64.2 Å². The molecule has 0 spiro atoms. The smallest absolute Gasteiger partial charge is 0.188 e. The molecule has 0 saturated heterocycles. The molecule has 0 amide bonds. The van der Waals surface area contributed by atoms with Gasteiger partial charge in [0, 0.05) is 22.7 Å². The van der Waals surface area contributed by atoms with Crippen molar-refractivity contribution < 1.29 is 4.74 Å². The molecule has 0 saturated carbocycles. The zero-order valence-electron chi connectivity index (χ0n) is 33.3. The molecule has 0 atom stereocenters. The quantitative estimate of drug-likeness (QED) is 0.167. The van der Waals surface area contributed by atoms with Crippen LogP contribution < -0.4 is 56.0 Å². The first-order chi connectivity index (χ1) is 28.3. The van der Waals surface area contributed by atoms with Crippen molar-refractivity contribution in [2.24, 2.45) is 0 Å². The van der Waals surface area contributed by atoms with Crippen LogP contribution in [0.1, 0.15) is 0 Å². The Morgan fingerprint density at radius 1 is 0.293 bits per heavy atom. The third-order valence-electron chi connectivity index (χ3n) is 13.2. The van der Waals surface area contributed by atoms with Crippen LogP contribution in [-0.4, -0.2) is 24.2 Å². The predicted molar refractivity (Wildman–Crippen MR) is 253 cm³/mol. The monoisotopic (exact) mass is 796 g/mol. The highest BCUT2D eigenvalue weighted by Crippen LogP contribution is 2.49. The molecule has 58 heavy (non-hydrogen) atoms. The minimum Gasteiger partial charge on any atom is -0.453 e. The second kappa shape index (κ2) is 12.9. The largest absolute Gasteiger partial charge is 0.453 e. The van der Waals surface area contributed by atoms with Gasteiger partial charge >= 0.3 is 0 Å². The summed E-state index contributed by atoms with van der Waals surface area (Å²) in [5, 5.41) is 10.9. The van der Waals surface area contributed by atoms with E-state index in [4.69, 9.17) is 4.74 Å². The Bertz CT molecular complexity index is 2610. The van der Waals surface area contributed by atoms with E-state index in [0.717, 1.165) is 22.9 Å². The number of ether oxygens (including phenoxy) is 1. The van der Waals surface area contributed by atoms with Crippen LogP contribution in [0, 0.1) is 0 Å². The number of para-hydroxylation sites is 6. The zero-order valence-corrected chi connectivity index (χ0v) is 36.3. The molecule has 0 aliphatic carbocycles. The summed E-state index contributed by atoms with van der Waals surface area (Å²) in [5.41, 5.74) is 7.11. The van der Waals surface area contributed by atoms with Crippen molar-refractivity contribution >= 4 is 99.8 Å². The fourth-order valence-electron chi connectivity index (χ4n) is 10.5. The number of hydrogen-bond acceptors (Lipinski definition) is 3. The van der Waals surface area contributed by atoms with Crippen molar-refractivity contribution in [3.63, 3.8) is 0 Å². The molecule has 3 aliphatic rings. The third kappa shape index (κ3) is 4.77. The van der Waals surface area contributed by atoms with Gasteiger partial charge in [0.1, 0.15) is 16.1 Å². The highest BCUT2D eigenvalue weighted by atomic mass is 28.3. The molecule has 0 unspecified atom stereocenters. The normalized spacial score (nSPS) is 16.1. The van der Waals surface area contributed by atoms with Crippen LogP contribution in [0.5, 0.6) is 11.5 Å². The third-order valence-corrected chi connectivity index (χ3v) is 25.0. The lowest BCUT2D eigenvalue weighted by atomic mass is 10.1. The maximum atomic E-state index is 7.78. The Hall–Kier alpha value is -6.19. The molecule has 6 heteroatoms. The molecule has 3 heterocycles. The minimum absolute atomic E-state index is 0.932. The maximum Gasteiger partial charge on any atom is 0.188 e. The number of anilines is 6. The van der Waals surface area contributed by atoms with Crippen molar-refractivity contribution in [3.05, 3.63) is 194 Å². The standard InChI is InChI=1S/C52H44N2OSi3/c1-56(2)45-31-15-11-25-39(45)53(40-26-12-16-32-46(40)56)43-29-19-35-49-51(43)55-52-44(54-41-27-13-17-33-47(41)57(3,4)48-34-18-14-28-42(48)54)30-20-36-50(52)58(49,37-21-7-5-8-22-37)38-23-9-6-10-24-38/h5-36H,1-4H3. The van der Waals surface area contributed by atoms with Crippen LogP contribution in [0.3, 0.4) is 0 Å². The second-order valence-electron chi connectivity index (χ2n) is 16.9. The average molecular weight is 797 g/mol. The van der Waals surface area contributed by atoms with Crippen LogP contribution in [0.4, 0.5) is 34.1 Å². The average Bonchev–Trinajstić information content (AvgIpc) is 3.27. The Labute approximate surface area is 344 Å². The number of rotatable bonds is 4. The van der Waals surface area contributed by atoms with Gasteiger partial charge < -0.3 is 14.5 Å². The van der Waals surface area contributed by atoms with Gasteiger partial charge in [0.05, 0.1) is 11.4 Å². The summed E-state index contributed by atoms with van der Waals surface area (Å²) in [7, 11) is -7.09. The van der Waals surface area contributed by atoms with Crippen LogP contribution in [0.15, 0.2) is 194 Å². The molecule has 8 aromatic carbocycles. The van der Waals surface area contributed by atoms with E-state index in [0.29, 0.717) is 0 Å². The van der Waals surface area contributed by atoms with E-state index in [-0.39, 0.29) is 0 Å². The molecule has 3 aliphatic heterocycles. The first-order valence-electron chi connectivity index (χ1n) is 20.4. The van der Waals surface area contributed by atoms with E-state index in [1.54, 1.807) is 0 Å². The van der Waals surface area contributed by atoms with Gasteiger partial charge in [-0.25, -0.2) is 0 Å². The molecule has 280 valence electrons. The van der Waals surface area contributed by atoms with Crippen molar-refractivity contribution in [1.29, 1.82) is 0 Å². The van der Waals surface area contributed by atoms with Gasteiger partial charge in [-0.2, -0.15) is 0 Å². The SMILES string of the molecule is C[Si]1(C)c2ccccc2N(c2cccc3c2Oc2c(N4c5ccccc5[Si](C)(C)c5ccccc54)cccc2[Si]3(c2ccccc2)c2ccccc2)c2ccccc21. The van der Waals surface area contributed by atoms with Crippen molar-refractivity contribution in [1.82, 2.24) is 0 Å². The lowest BCUT2D eigenvalue weighted by molar-refractivity contribution is 0.489. The summed E-state index contributed by atoms with van der Waals surface area (Å²) in [6.07, 6.45) is 0. The number of fused-ring (bicyclic) bond motifs is 6. The minimum atomic E-state index is -3.05. The topological polar surface area (TPSA) is 15.7 Å². The summed E-state index contributed by atoms with van der Waals surface area (Å²) in [6.45, 7) is 9.96. The summed E-state index contributed by atoms with van der Waals surface area (Å²) >= 11 is 0. The first kappa shape index (κ1) is 35.0. The summed E-state index contributed by atoms with van der Waals surface area (Å²) < 4.78 is 7.78. The fourth-order valence-corrected chi connectivity index (χ4v) is 21.4. The fraction of sp³-hybridized carbons (Fsp3) is 0.0769. The first-order valence-corrected chi connectivity index (χ1v) is 28.4. The van der Waals surface area contributed by atoms with Crippen molar-refractivity contribution in [3.8, 4) is 11.5 Å². The molecule has 11 rings (SSSR count). The van der Waals surface area contributed by atoms with E-state index in [1.807, 2.05) is 0 Å². The number of hydrogen-bond donors (Lipinski definition) is 0. The second-order valence-corrected chi connectivity index (χ2v) is 29.3. The van der Waals surface area contributed by atoms with Gasteiger partial charge in [0.25, 0.3) is 0 Å². The molecule has 0 aromatic heterocycles. The lowest BCUT2D eigenvalue weighted by Crippen LogP contribution is -2.76. The zero-order chi connectivity index (χ0) is 39.2. The van der Waals surface area contributed by atoms with Gasteiger partial charge in [-0.05, 0) is 77.9 Å². The highest BCUT2D eigenvalue weighted by molar-refractivity contribution is 7.21.